The van der Waals surface area contributed by atoms with Gasteiger partial charge in [0.1, 0.15) is 0 Å². The SMILES string of the molecule is Cl.Cl.Cl.NC1CCC(C(=O)NCCN2CCN(c3ncccn3)CC2)C1. The summed E-state index contributed by atoms with van der Waals surface area (Å²) in [6.45, 7) is 5.41. The zero-order chi connectivity index (χ0) is 16.1. The molecule has 7 nitrogen and oxygen atoms in total. The smallest absolute Gasteiger partial charge is 0.225 e. The van der Waals surface area contributed by atoms with Gasteiger partial charge in [-0.1, -0.05) is 0 Å². The summed E-state index contributed by atoms with van der Waals surface area (Å²) < 4.78 is 0. The Balaban J connectivity index is 0.00000208. The Morgan fingerprint density at radius 1 is 1.12 bits per heavy atom. The molecular weight excluding hydrogens is 399 g/mol. The van der Waals surface area contributed by atoms with Crippen molar-refractivity contribution in [3.05, 3.63) is 18.5 Å². The Kier molecular flexibility index (Phi) is 12.1. The van der Waals surface area contributed by atoms with Gasteiger partial charge in [0.05, 0.1) is 0 Å². The van der Waals surface area contributed by atoms with Gasteiger partial charge in [0.2, 0.25) is 11.9 Å². The predicted octanol–water partition coefficient (Wildman–Crippen LogP) is 1.11. The average Bonchev–Trinajstić information content (AvgIpc) is 3.03. The summed E-state index contributed by atoms with van der Waals surface area (Å²) in [5.74, 6) is 1.10. The highest BCUT2D eigenvalue weighted by atomic mass is 35.5. The van der Waals surface area contributed by atoms with Crippen molar-refractivity contribution < 1.29 is 4.79 Å². The van der Waals surface area contributed by atoms with Gasteiger partial charge in [0, 0.05) is 63.6 Å². The fourth-order valence-corrected chi connectivity index (χ4v) is 3.36. The van der Waals surface area contributed by atoms with Gasteiger partial charge in [-0.3, -0.25) is 9.69 Å². The summed E-state index contributed by atoms with van der Waals surface area (Å²) in [4.78, 5) is 25.2. The first-order valence-corrected chi connectivity index (χ1v) is 8.50. The van der Waals surface area contributed by atoms with Crippen molar-refractivity contribution in [2.45, 2.75) is 25.3 Å². The highest BCUT2D eigenvalue weighted by molar-refractivity contribution is 5.86. The van der Waals surface area contributed by atoms with Crippen LogP contribution in [0.25, 0.3) is 0 Å². The molecule has 1 aromatic heterocycles. The molecule has 26 heavy (non-hydrogen) atoms. The maximum absolute atomic E-state index is 12.1. The van der Waals surface area contributed by atoms with E-state index in [4.69, 9.17) is 5.73 Å². The second-order valence-electron chi connectivity index (χ2n) is 6.44. The zero-order valence-electron chi connectivity index (χ0n) is 14.7. The molecule has 2 fully saturated rings. The molecule has 1 amide bonds. The zero-order valence-corrected chi connectivity index (χ0v) is 17.2. The highest BCUT2D eigenvalue weighted by Gasteiger charge is 2.27. The summed E-state index contributed by atoms with van der Waals surface area (Å²) in [6.07, 6.45) is 6.30. The van der Waals surface area contributed by atoms with E-state index in [1.165, 1.54) is 0 Å². The van der Waals surface area contributed by atoms with Crippen LogP contribution >= 0.6 is 37.2 Å². The first-order chi connectivity index (χ1) is 11.2. The molecule has 2 atom stereocenters. The molecule has 2 heterocycles. The Bertz CT molecular complexity index is 516. The lowest BCUT2D eigenvalue weighted by Crippen LogP contribution is -2.49. The summed E-state index contributed by atoms with van der Waals surface area (Å²) >= 11 is 0. The topological polar surface area (TPSA) is 87.4 Å². The number of nitrogens with one attached hydrogen (secondary N) is 1. The minimum Gasteiger partial charge on any atom is -0.355 e. The van der Waals surface area contributed by atoms with Gasteiger partial charge in [-0.2, -0.15) is 0 Å². The van der Waals surface area contributed by atoms with Gasteiger partial charge >= 0.3 is 0 Å². The number of nitrogens with two attached hydrogens (primary N) is 1. The van der Waals surface area contributed by atoms with Gasteiger partial charge in [-0.25, -0.2) is 9.97 Å². The van der Waals surface area contributed by atoms with Gasteiger partial charge in [-0.05, 0) is 25.3 Å². The molecule has 10 heteroatoms. The number of nitrogens with zero attached hydrogens (tertiary/aromatic N) is 4. The van der Waals surface area contributed by atoms with Gasteiger partial charge in [-0.15, -0.1) is 37.2 Å². The number of amides is 1. The fourth-order valence-electron chi connectivity index (χ4n) is 3.36. The lowest BCUT2D eigenvalue weighted by molar-refractivity contribution is -0.124. The molecule has 3 N–H and O–H groups in total. The molecule has 2 aliphatic rings. The number of carbonyl (C=O) groups excluding carboxylic acids is 1. The third kappa shape index (κ3) is 7.04. The number of piperazine rings is 1. The number of hydrogen-bond acceptors (Lipinski definition) is 6. The van der Waals surface area contributed by atoms with E-state index in [0.29, 0.717) is 6.54 Å². The molecule has 1 aliphatic heterocycles. The molecule has 0 aromatic carbocycles. The number of rotatable bonds is 5. The maximum atomic E-state index is 12.1. The average molecular weight is 428 g/mol. The number of aromatic nitrogens is 2. The van der Waals surface area contributed by atoms with Crippen LogP contribution in [0.2, 0.25) is 0 Å². The normalized spacial score (nSPS) is 22.6. The molecule has 0 radical (unpaired) electrons. The van der Waals surface area contributed by atoms with Crippen molar-refractivity contribution in [1.29, 1.82) is 0 Å². The summed E-state index contributed by atoms with van der Waals surface area (Å²) in [5, 5.41) is 3.06. The minimum absolute atomic E-state index is 0. The standard InChI is InChI=1S/C16H26N6O.3ClH/c17-14-3-2-13(12-14)15(23)18-6-7-21-8-10-22(11-9-21)16-19-4-1-5-20-16;;;/h1,4-5,13-14H,2-3,6-12,17H2,(H,18,23);3*1H. The lowest BCUT2D eigenvalue weighted by atomic mass is 10.1. The fraction of sp³-hybridized carbons (Fsp3) is 0.688. The van der Waals surface area contributed by atoms with Crippen molar-refractivity contribution in [3.63, 3.8) is 0 Å². The predicted molar refractivity (Wildman–Crippen MR) is 111 cm³/mol. The van der Waals surface area contributed by atoms with Crippen molar-refractivity contribution in [3.8, 4) is 0 Å². The van der Waals surface area contributed by atoms with Crippen LogP contribution in [0, 0.1) is 5.92 Å². The van der Waals surface area contributed by atoms with E-state index >= 15 is 0 Å². The first kappa shape index (κ1) is 25.1. The third-order valence-electron chi connectivity index (χ3n) is 4.78. The van der Waals surface area contributed by atoms with E-state index in [9.17, 15) is 4.79 Å². The highest BCUT2D eigenvalue weighted by Crippen LogP contribution is 2.23. The minimum atomic E-state index is 0. The first-order valence-electron chi connectivity index (χ1n) is 8.50. The molecule has 2 unspecified atom stereocenters. The van der Waals surface area contributed by atoms with Crippen LogP contribution in [0.1, 0.15) is 19.3 Å². The molecule has 0 bridgehead atoms. The quantitative estimate of drug-likeness (QED) is 0.732. The van der Waals surface area contributed by atoms with Gasteiger partial charge in [0.15, 0.2) is 0 Å². The van der Waals surface area contributed by atoms with Crippen LogP contribution in [-0.4, -0.2) is 66.1 Å². The van der Waals surface area contributed by atoms with E-state index in [2.05, 4.69) is 25.1 Å². The molecule has 1 aliphatic carbocycles. The van der Waals surface area contributed by atoms with E-state index in [0.717, 1.165) is 57.9 Å². The molecule has 1 aromatic rings. The summed E-state index contributed by atoms with van der Waals surface area (Å²) in [7, 11) is 0. The Morgan fingerprint density at radius 3 is 2.35 bits per heavy atom. The number of carbonyl (C=O) groups is 1. The Hall–Kier alpha value is -0.860. The van der Waals surface area contributed by atoms with E-state index < -0.39 is 0 Å². The van der Waals surface area contributed by atoms with Crippen LogP contribution in [0.15, 0.2) is 18.5 Å². The van der Waals surface area contributed by atoms with Crippen molar-refractivity contribution in [2.24, 2.45) is 11.7 Å². The van der Waals surface area contributed by atoms with E-state index in [-0.39, 0.29) is 55.1 Å². The molecule has 3 rings (SSSR count). The van der Waals surface area contributed by atoms with Crippen LogP contribution < -0.4 is 16.0 Å². The second-order valence-corrected chi connectivity index (χ2v) is 6.44. The Morgan fingerprint density at radius 2 is 1.77 bits per heavy atom. The molecule has 1 saturated carbocycles. The summed E-state index contributed by atoms with van der Waals surface area (Å²) in [6, 6.07) is 2.04. The van der Waals surface area contributed by atoms with E-state index in [1.54, 1.807) is 12.4 Å². The number of hydrogen-bond donors (Lipinski definition) is 2. The van der Waals surface area contributed by atoms with Crippen molar-refractivity contribution >= 4 is 49.1 Å². The van der Waals surface area contributed by atoms with Crippen LogP contribution in [0.3, 0.4) is 0 Å². The van der Waals surface area contributed by atoms with Crippen molar-refractivity contribution in [1.82, 2.24) is 20.2 Å². The monoisotopic (exact) mass is 426 g/mol. The second kappa shape index (κ2) is 12.5. The largest absolute Gasteiger partial charge is 0.355 e. The van der Waals surface area contributed by atoms with Crippen LogP contribution in [0.5, 0.6) is 0 Å². The molecule has 150 valence electrons. The lowest BCUT2D eigenvalue weighted by Gasteiger charge is -2.34. The van der Waals surface area contributed by atoms with Crippen molar-refractivity contribution in [2.75, 3.05) is 44.2 Å². The van der Waals surface area contributed by atoms with Crippen LogP contribution in [-0.2, 0) is 4.79 Å². The number of halogens is 3. The Labute approximate surface area is 173 Å². The maximum Gasteiger partial charge on any atom is 0.225 e. The van der Waals surface area contributed by atoms with Gasteiger partial charge in [0.25, 0.3) is 0 Å². The van der Waals surface area contributed by atoms with Crippen LogP contribution in [0.4, 0.5) is 5.95 Å². The number of anilines is 1. The molecule has 1 saturated heterocycles. The molecular formula is C16H29Cl3N6O. The summed E-state index contributed by atoms with van der Waals surface area (Å²) in [5.41, 5.74) is 5.87. The molecule has 0 spiro atoms. The van der Waals surface area contributed by atoms with Gasteiger partial charge < -0.3 is 16.0 Å². The third-order valence-corrected chi connectivity index (χ3v) is 4.78. The van der Waals surface area contributed by atoms with E-state index in [1.807, 2.05) is 6.07 Å².